The van der Waals surface area contributed by atoms with E-state index in [9.17, 15) is 14.9 Å². The fraction of sp³-hybridized carbons (Fsp3) is 0.500. The molecule has 0 saturated carbocycles. The highest BCUT2D eigenvalue weighted by atomic mass is 16.6. The molecule has 0 heterocycles. The van der Waals surface area contributed by atoms with E-state index in [1.807, 2.05) is 18.7 Å². The summed E-state index contributed by atoms with van der Waals surface area (Å²) >= 11 is 0. The van der Waals surface area contributed by atoms with Gasteiger partial charge in [-0.15, -0.1) is 0 Å². The molecule has 0 aliphatic carbocycles. The number of ketones is 1. The van der Waals surface area contributed by atoms with Crippen LogP contribution in [0, 0.1) is 10.1 Å². The third-order valence-corrected chi connectivity index (χ3v) is 3.04. The van der Waals surface area contributed by atoms with Gasteiger partial charge in [0.05, 0.1) is 18.1 Å². The lowest BCUT2D eigenvalue weighted by Crippen LogP contribution is -2.38. The summed E-state index contributed by atoms with van der Waals surface area (Å²) in [5, 5.41) is 10.7. The van der Waals surface area contributed by atoms with Crippen molar-refractivity contribution in [3.63, 3.8) is 0 Å². The minimum absolute atomic E-state index is 0.0659. The molecule has 0 saturated heterocycles. The zero-order valence-electron chi connectivity index (χ0n) is 12.0. The molecule has 0 spiro atoms. The number of non-ortho nitro benzene ring substituents is 1. The molecule has 1 rings (SSSR count). The number of Topliss-reactive ketones (excluding diaryl/α,β-unsaturated/α-hetero) is 1. The molecular weight excluding hydrogens is 260 g/mol. The summed E-state index contributed by atoms with van der Waals surface area (Å²) in [5.41, 5.74) is 0.297. The number of benzene rings is 1. The molecule has 6 nitrogen and oxygen atoms in total. The van der Waals surface area contributed by atoms with Crippen LogP contribution in [0.2, 0.25) is 0 Å². The molecule has 0 amide bonds. The first kappa shape index (κ1) is 16.3. The van der Waals surface area contributed by atoms with Crippen LogP contribution in [0.1, 0.15) is 24.2 Å². The van der Waals surface area contributed by atoms with Crippen molar-refractivity contribution in [3.8, 4) is 0 Å². The predicted octanol–water partition coefficient (Wildman–Crippen LogP) is 2.13. The first-order valence-corrected chi connectivity index (χ1v) is 6.46. The number of ether oxygens (including phenoxy) is 1. The number of nitro groups is 1. The smallest absolute Gasteiger partial charge is 0.270 e. The van der Waals surface area contributed by atoms with E-state index >= 15 is 0 Å². The second-order valence-electron chi connectivity index (χ2n) is 4.79. The lowest BCUT2D eigenvalue weighted by atomic mass is 10.1. The van der Waals surface area contributed by atoms with E-state index < -0.39 is 4.92 Å². The van der Waals surface area contributed by atoms with E-state index in [1.165, 1.54) is 18.2 Å². The Labute approximate surface area is 118 Å². The van der Waals surface area contributed by atoms with Crippen LogP contribution in [0.25, 0.3) is 0 Å². The number of carbonyl (C=O) groups excluding carboxylic acids is 1. The van der Waals surface area contributed by atoms with Crippen LogP contribution in [-0.2, 0) is 4.74 Å². The number of carbonyl (C=O) groups is 1. The van der Waals surface area contributed by atoms with Crippen molar-refractivity contribution < 1.29 is 14.5 Å². The van der Waals surface area contributed by atoms with Gasteiger partial charge in [0.1, 0.15) is 0 Å². The summed E-state index contributed by atoms with van der Waals surface area (Å²) in [4.78, 5) is 24.4. The maximum absolute atomic E-state index is 12.2. The summed E-state index contributed by atoms with van der Waals surface area (Å²) < 4.78 is 5.02. The predicted molar refractivity (Wildman–Crippen MR) is 76.0 cm³/mol. The van der Waals surface area contributed by atoms with Crippen LogP contribution in [0.3, 0.4) is 0 Å². The number of hydrogen-bond donors (Lipinski definition) is 0. The Bertz CT molecular complexity index is 474. The van der Waals surface area contributed by atoms with Gasteiger partial charge in [0, 0.05) is 37.4 Å². The highest BCUT2D eigenvalue weighted by Gasteiger charge is 2.17. The molecular formula is C14H20N2O4. The maximum atomic E-state index is 12.2. The van der Waals surface area contributed by atoms with Gasteiger partial charge in [0.25, 0.3) is 5.69 Å². The topological polar surface area (TPSA) is 72.7 Å². The number of methoxy groups -OCH3 is 1. The molecule has 0 fully saturated rings. The molecule has 0 atom stereocenters. The molecule has 0 N–H and O–H groups in total. The van der Waals surface area contributed by atoms with Crippen molar-refractivity contribution in [1.82, 2.24) is 4.90 Å². The molecule has 0 aliphatic rings. The summed E-state index contributed by atoms with van der Waals surface area (Å²) in [6, 6.07) is 6.02. The number of nitro benzene ring substituents is 1. The fourth-order valence-electron chi connectivity index (χ4n) is 1.80. The second kappa shape index (κ2) is 7.72. The quantitative estimate of drug-likeness (QED) is 0.414. The largest absolute Gasteiger partial charge is 0.383 e. The van der Waals surface area contributed by atoms with Crippen molar-refractivity contribution in [3.05, 3.63) is 39.9 Å². The Balaban J connectivity index is 2.78. The Morgan fingerprint density at radius 2 is 2.15 bits per heavy atom. The average molecular weight is 280 g/mol. The van der Waals surface area contributed by atoms with E-state index in [0.29, 0.717) is 18.7 Å². The molecule has 20 heavy (non-hydrogen) atoms. The molecule has 0 aromatic heterocycles. The summed E-state index contributed by atoms with van der Waals surface area (Å²) in [5.74, 6) is -0.126. The van der Waals surface area contributed by atoms with Gasteiger partial charge in [-0.25, -0.2) is 0 Å². The van der Waals surface area contributed by atoms with Crippen LogP contribution < -0.4 is 0 Å². The molecule has 110 valence electrons. The zero-order valence-corrected chi connectivity index (χ0v) is 12.0. The van der Waals surface area contributed by atoms with E-state index in [2.05, 4.69) is 0 Å². The van der Waals surface area contributed by atoms with Crippen molar-refractivity contribution in [2.24, 2.45) is 0 Å². The van der Waals surface area contributed by atoms with Gasteiger partial charge < -0.3 is 4.74 Å². The lowest BCUT2D eigenvalue weighted by Gasteiger charge is -2.25. The molecule has 1 aromatic carbocycles. The van der Waals surface area contributed by atoms with E-state index in [0.717, 1.165) is 0 Å². The Kier molecular flexibility index (Phi) is 6.27. The van der Waals surface area contributed by atoms with Gasteiger partial charge in [0.2, 0.25) is 0 Å². The minimum atomic E-state index is -0.498. The summed E-state index contributed by atoms with van der Waals surface area (Å²) in [6.45, 7) is 5.41. The molecule has 6 heteroatoms. The molecule has 0 bridgehead atoms. The fourth-order valence-corrected chi connectivity index (χ4v) is 1.80. The van der Waals surface area contributed by atoms with E-state index in [1.54, 1.807) is 13.2 Å². The van der Waals surface area contributed by atoms with Gasteiger partial charge >= 0.3 is 0 Å². The number of rotatable bonds is 8. The van der Waals surface area contributed by atoms with Crippen molar-refractivity contribution in [2.75, 3.05) is 26.8 Å². The van der Waals surface area contributed by atoms with Gasteiger partial charge in [-0.05, 0) is 13.8 Å². The van der Waals surface area contributed by atoms with Gasteiger partial charge in [-0.3, -0.25) is 19.8 Å². The molecule has 0 unspecified atom stereocenters. The van der Waals surface area contributed by atoms with Crippen LogP contribution >= 0.6 is 0 Å². The highest BCUT2D eigenvalue weighted by Crippen LogP contribution is 2.14. The third kappa shape index (κ3) is 4.71. The van der Waals surface area contributed by atoms with Crippen LogP contribution in [0.4, 0.5) is 5.69 Å². The van der Waals surface area contributed by atoms with Crippen LogP contribution in [-0.4, -0.2) is 48.5 Å². The highest BCUT2D eigenvalue weighted by molar-refractivity contribution is 5.98. The van der Waals surface area contributed by atoms with Crippen LogP contribution in [0.5, 0.6) is 0 Å². The number of nitrogens with zero attached hydrogens (tertiary/aromatic N) is 2. The minimum Gasteiger partial charge on any atom is -0.383 e. The first-order valence-electron chi connectivity index (χ1n) is 6.46. The molecule has 0 radical (unpaired) electrons. The Morgan fingerprint density at radius 3 is 2.70 bits per heavy atom. The standard InChI is InChI=1S/C14H20N2O4/c1-11(2)15(7-8-20-3)10-14(17)12-5-4-6-13(9-12)16(18)19/h4-6,9,11H,7-8,10H2,1-3H3. The molecule has 1 aromatic rings. The van der Waals surface area contributed by atoms with Crippen molar-refractivity contribution in [2.45, 2.75) is 19.9 Å². The van der Waals surface area contributed by atoms with Crippen LogP contribution in [0.15, 0.2) is 24.3 Å². The van der Waals surface area contributed by atoms with Crippen molar-refractivity contribution >= 4 is 11.5 Å². The maximum Gasteiger partial charge on any atom is 0.270 e. The van der Waals surface area contributed by atoms with Gasteiger partial charge in [-0.1, -0.05) is 12.1 Å². The SMILES string of the molecule is COCCN(CC(=O)c1cccc([N+](=O)[O-])c1)C(C)C. The first-order chi connectivity index (χ1) is 9.45. The van der Waals surface area contributed by atoms with E-state index in [-0.39, 0.29) is 24.1 Å². The van der Waals surface area contributed by atoms with E-state index in [4.69, 9.17) is 4.74 Å². The molecule has 0 aliphatic heterocycles. The van der Waals surface area contributed by atoms with Gasteiger partial charge in [-0.2, -0.15) is 0 Å². The summed E-state index contributed by atoms with van der Waals surface area (Å²) in [6.07, 6.45) is 0. The normalized spacial score (nSPS) is 11.1. The van der Waals surface area contributed by atoms with Crippen molar-refractivity contribution in [1.29, 1.82) is 0 Å². The monoisotopic (exact) mass is 280 g/mol. The lowest BCUT2D eigenvalue weighted by molar-refractivity contribution is -0.384. The summed E-state index contributed by atoms with van der Waals surface area (Å²) in [7, 11) is 1.61. The zero-order chi connectivity index (χ0) is 15.1. The third-order valence-electron chi connectivity index (χ3n) is 3.04. The Morgan fingerprint density at radius 1 is 1.45 bits per heavy atom. The average Bonchev–Trinajstić information content (AvgIpc) is 2.42. The van der Waals surface area contributed by atoms with Gasteiger partial charge in [0.15, 0.2) is 5.78 Å². The second-order valence-corrected chi connectivity index (χ2v) is 4.79. The Hall–Kier alpha value is -1.79. The number of hydrogen-bond acceptors (Lipinski definition) is 5.